The molecule has 0 radical (unpaired) electrons. The van der Waals surface area contributed by atoms with Crippen LogP contribution in [0.3, 0.4) is 0 Å². The summed E-state index contributed by atoms with van der Waals surface area (Å²) in [6.45, 7) is 1.76. The van der Waals surface area contributed by atoms with Gasteiger partial charge < -0.3 is 4.74 Å². The maximum atomic E-state index is 12.9. The molecule has 0 amide bonds. The van der Waals surface area contributed by atoms with Gasteiger partial charge in [0.25, 0.3) is 5.78 Å². The van der Waals surface area contributed by atoms with Crippen molar-refractivity contribution in [2.45, 2.75) is 13.1 Å². The molecule has 1 aromatic rings. The number of ketones is 1. The first-order valence-corrected chi connectivity index (χ1v) is 4.39. The van der Waals surface area contributed by atoms with Crippen molar-refractivity contribution in [3.8, 4) is 5.75 Å². The predicted molar refractivity (Wildman–Crippen MR) is 48.0 cm³/mol. The van der Waals surface area contributed by atoms with E-state index in [-0.39, 0.29) is 12.4 Å². The van der Waals surface area contributed by atoms with E-state index in [2.05, 4.69) is 0 Å². The van der Waals surface area contributed by atoms with Crippen LogP contribution in [0.5, 0.6) is 5.75 Å². The number of halogens is 4. The molecule has 1 aromatic carbocycles. The maximum absolute atomic E-state index is 12.9. The van der Waals surface area contributed by atoms with Gasteiger partial charge in [0.05, 0.1) is 6.61 Å². The molecule has 0 heterocycles. The number of Topliss-reactive ketones (excluding diaryl/α,β-unsaturated/α-hetero) is 1. The van der Waals surface area contributed by atoms with Crippen LogP contribution >= 0.6 is 0 Å². The molecule has 0 aliphatic heterocycles. The monoisotopic (exact) mass is 236 g/mol. The summed E-state index contributed by atoms with van der Waals surface area (Å²) in [5, 5.41) is 0. The summed E-state index contributed by atoms with van der Waals surface area (Å²) in [6.07, 6.45) is -5.02. The van der Waals surface area contributed by atoms with E-state index in [9.17, 15) is 22.4 Å². The molecule has 16 heavy (non-hydrogen) atoms. The second kappa shape index (κ2) is 4.51. The maximum Gasteiger partial charge on any atom is 0.454 e. The van der Waals surface area contributed by atoms with Crippen LogP contribution in [-0.4, -0.2) is 18.6 Å². The Hall–Kier alpha value is -1.59. The summed E-state index contributed by atoms with van der Waals surface area (Å²) >= 11 is 0. The Kier molecular flexibility index (Phi) is 3.51. The molecule has 0 fully saturated rings. The molecule has 0 bridgehead atoms. The highest BCUT2D eigenvalue weighted by Gasteiger charge is 2.39. The summed E-state index contributed by atoms with van der Waals surface area (Å²) in [4.78, 5) is 10.8. The third-order valence-corrected chi connectivity index (χ3v) is 1.70. The van der Waals surface area contributed by atoms with E-state index in [1.807, 2.05) is 0 Å². The minimum Gasteiger partial charge on any atom is -0.494 e. The molecule has 0 unspecified atom stereocenters. The predicted octanol–water partition coefficient (Wildman–Crippen LogP) is 2.97. The van der Waals surface area contributed by atoms with E-state index in [0.29, 0.717) is 6.07 Å². The lowest BCUT2D eigenvalue weighted by atomic mass is 10.1. The van der Waals surface area contributed by atoms with Gasteiger partial charge in [0, 0.05) is 11.6 Å². The first kappa shape index (κ1) is 12.5. The van der Waals surface area contributed by atoms with Crippen LogP contribution in [0.2, 0.25) is 0 Å². The third kappa shape index (κ3) is 2.95. The minimum atomic E-state index is -5.02. The van der Waals surface area contributed by atoms with Crippen molar-refractivity contribution < 1.29 is 27.1 Å². The van der Waals surface area contributed by atoms with E-state index in [0.717, 1.165) is 12.1 Å². The summed E-state index contributed by atoms with van der Waals surface area (Å²) in [7, 11) is 0. The standard InChI is InChI=1S/C10H8F4O2/c1-2-16-8-4-6(3-7(11)5-8)9(15)10(12,13)14/h3-5H,2H2,1H3. The summed E-state index contributed by atoms with van der Waals surface area (Å²) in [5.41, 5.74) is -0.768. The molecule has 0 spiro atoms. The van der Waals surface area contributed by atoms with Crippen molar-refractivity contribution in [1.29, 1.82) is 0 Å². The zero-order chi connectivity index (χ0) is 12.3. The van der Waals surface area contributed by atoms with Gasteiger partial charge in [0.1, 0.15) is 11.6 Å². The molecular weight excluding hydrogens is 228 g/mol. The largest absolute Gasteiger partial charge is 0.494 e. The van der Waals surface area contributed by atoms with Crippen molar-refractivity contribution >= 4 is 5.78 Å². The lowest BCUT2D eigenvalue weighted by molar-refractivity contribution is -0.0885. The molecule has 1 rings (SSSR count). The van der Waals surface area contributed by atoms with Gasteiger partial charge in [-0.2, -0.15) is 13.2 Å². The fourth-order valence-corrected chi connectivity index (χ4v) is 1.11. The Balaban J connectivity index is 3.10. The van der Waals surface area contributed by atoms with Gasteiger partial charge in [-0.1, -0.05) is 0 Å². The Morgan fingerprint density at radius 3 is 2.44 bits per heavy atom. The van der Waals surface area contributed by atoms with E-state index in [1.54, 1.807) is 6.92 Å². The van der Waals surface area contributed by atoms with Crippen LogP contribution in [0.1, 0.15) is 17.3 Å². The number of benzene rings is 1. The molecule has 0 saturated heterocycles. The molecule has 0 aliphatic rings. The zero-order valence-corrected chi connectivity index (χ0v) is 8.27. The van der Waals surface area contributed by atoms with Crippen molar-refractivity contribution in [2.24, 2.45) is 0 Å². The van der Waals surface area contributed by atoms with Crippen LogP contribution < -0.4 is 4.74 Å². The highest BCUT2D eigenvalue weighted by molar-refractivity contribution is 6.00. The van der Waals surface area contributed by atoms with Crippen LogP contribution in [0.25, 0.3) is 0 Å². The fourth-order valence-electron chi connectivity index (χ4n) is 1.11. The SMILES string of the molecule is CCOc1cc(F)cc(C(=O)C(F)(F)F)c1. The number of ether oxygens (including phenoxy) is 1. The molecule has 88 valence electrons. The summed E-state index contributed by atoms with van der Waals surface area (Å²) in [6, 6.07) is 2.30. The topological polar surface area (TPSA) is 26.3 Å². The Morgan fingerprint density at radius 1 is 1.31 bits per heavy atom. The van der Waals surface area contributed by atoms with Crippen molar-refractivity contribution in [3.63, 3.8) is 0 Å². The van der Waals surface area contributed by atoms with Crippen LogP contribution in [-0.2, 0) is 0 Å². The van der Waals surface area contributed by atoms with Crippen molar-refractivity contribution in [3.05, 3.63) is 29.6 Å². The van der Waals surface area contributed by atoms with Gasteiger partial charge in [-0.25, -0.2) is 4.39 Å². The van der Waals surface area contributed by atoms with Crippen molar-refractivity contribution in [1.82, 2.24) is 0 Å². The first-order valence-electron chi connectivity index (χ1n) is 4.39. The number of carbonyl (C=O) groups is 1. The Bertz CT molecular complexity index is 398. The quantitative estimate of drug-likeness (QED) is 0.595. The molecule has 0 aliphatic carbocycles. The van der Waals surface area contributed by atoms with E-state index >= 15 is 0 Å². The van der Waals surface area contributed by atoms with Crippen LogP contribution in [0.15, 0.2) is 18.2 Å². The lowest BCUT2D eigenvalue weighted by Gasteiger charge is -2.08. The zero-order valence-electron chi connectivity index (χ0n) is 8.27. The molecule has 0 saturated carbocycles. The average Bonchev–Trinajstić information content (AvgIpc) is 2.14. The Labute approximate surface area is 88.8 Å². The van der Waals surface area contributed by atoms with Gasteiger partial charge in [-0.15, -0.1) is 0 Å². The first-order chi connectivity index (χ1) is 7.34. The van der Waals surface area contributed by atoms with E-state index < -0.39 is 23.3 Å². The van der Waals surface area contributed by atoms with E-state index in [4.69, 9.17) is 4.74 Å². The third-order valence-electron chi connectivity index (χ3n) is 1.70. The molecule has 0 N–H and O–H groups in total. The fraction of sp³-hybridized carbons (Fsp3) is 0.300. The van der Waals surface area contributed by atoms with Gasteiger partial charge in [-0.3, -0.25) is 4.79 Å². The normalized spacial score (nSPS) is 11.3. The number of rotatable bonds is 3. The van der Waals surface area contributed by atoms with Gasteiger partial charge in [0.2, 0.25) is 0 Å². The van der Waals surface area contributed by atoms with Crippen molar-refractivity contribution in [2.75, 3.05) is 6.61 Å². The molecular formula is C10H8F4O2. The smallest absolute Gasteiger partial charge is 0.454 e. The summed E-state index contributed by atoms with van der Waals surface area (Å²) in [5.74, 6) is -3.14. The Morgan fingerprint density at radius 2 is 1.94 bits per heavy atom. The molecule has 2 nitrogen and oxygen atoms in total. The van der Waals surface area contributed by atoms with Crippen LogP contribution in [0, 0.1) is 5.82 Å². The second-order valence-electron chi connectivity index (χ2n) is 2.94. The number of hydrogen-bond donors (Lipinski definition) is 0. The molecule has 0 atom stereocenters. The van der Waals surface area contributed by atoms with Crippen LogP contribution in [0.4, 0.5) is 17.6 Å². The number of hydrogen-bond acceptors (Lipinski definition) is 2. The van der Waals surface area contributed by atoms with Gasteiger partial charge in [-0.05, 0) is 19.1 Å². The summed E-state index contributed by atoms with van der Waals surface area (Å²) < 4.78 is 53.9. The average molecular weight is 236 g/mol. The highest BCUT2D eigenvalue weighted by Crippen LogP contribution is 2.24. The van der Waals surface area contributed by atoms with Gasteiger partial charge in [0.15, 0.2) is 0 Å². The highest BCUT2D eigenvalue weighted by atomic mass is 19.4. The van der Waals surface area contributed by atoms with E-state index in [1.165, 1.54) is 0 Å². The minimum absolute atomic E-state index is 0.102. The second-order valence-corrected chi connectivity index (χ2v) is 2.94. The number of alkyl halides is 3. The number of carbonyl (C=O) groups excluding carboxylic acids is 1. The molecule has 6 heteroatoms. The molecule has 0 aromatic heterocycles. The lowest BCUT2D eigenvalue weighted by Crippen LogP contribution is -2.22. The van der Waals surface area contributed by atoms with Gasteiger partial charge >= 0.3 is 6.18 Å².